The van der Waals surface area contributed by atoms with Crippen LogP contribution in [0.2, 0.25) is 0 Å². The number of carbonyl (C=O) groups is 2. The molecule has 0 atom stereocenters. The molecule has 0 aliphatic heterocycles. The molecule has 4 rings (SSSR count). The number of amides is 2. The Morgan fingerprint density at radius 2 is 1.37 bits per heavy atom. The van der Waals surface area contributed by atoms with Crippen molar-refractivity contribution in [2.24, 2.45) is 0 Å². The Kier molecular flexibility index (Phi) is 5.39. The number of benzene rings is 3. The van der Waals surface area contributed by atoms with Crippen LogP contribution in [-0.4, -0.2) is 17.0 Å². The van der Waals surface area contributed by atoms with E-state index in [1.54, 1.807) is 48.5 Å². The maximum Gasteiger partial charge on any atom is 0.277 e. The fourth-order valence-electron chi connectivity index (χ4n) is 3.00. The smallest absolute Gasteiger partial charge is 0.277 e. The van der Waals surface area contributed by atoms with Crippen LogP contribution in [-0.2, 0) is 0 Å². The van der Waals surface area contributed by atoms with E-state index in [0.29, 0.717) is 22.7 Å². The van der Waals surface area contributed by atoms with Gasteiger partial charge in [0.25, 0.3) is 11.8 Å². The number of carbonyl (C=O) groups excluding carboxylic acids is 2. The second-order valence-corrected chi connectivity index (χ2v) is 6.69. The maximum absolute atomic E-state index is 12.6. The lowest BCUT2D eigenvalue weighted by atomic mass is 10.1. The van der Waals surface area contributed by atoms with Crippen molar-refractivity contribution in [3.63, 3.8) is 0 Å². The summed E-state index contributed by atoms with van der Waals surface area (Å²) in [5.41, 5.74) is 3.50. The number of rotatable bonds is 5. The Labute approximate surface area is 173 Å². The Balaban J connectivity index is 1.50. The summed E-state index contributed by atoms with van der Waals surface area (Å²) in [6.45, 7) is 1.83. The number of nitrogens with zero attached hydrogens (tertiary/aromatic N) is 1. The van der Waals surface area contributed by atoms with Gasteiger partial charge >= 0.3 is 0 Å². The minimum Gasteiger partial charge on any atom is -0.355 e. The highest BCUT2D eigenvalue weighted by molar-refractivity contribution is 6.07. The van der Waals surface area contributed by atoms with E-state index in [9.17, 15) is 9.59 Å². The van der Waals surface area contributed by atoms with Crippen LogP contribution in [0.3, 0.4) is 0 Å². The van der Waals surface area contributed by atoms with Crippen molar-refractivity contribution in [1.82, 2.24) is 5.16 Å². The van der Waals surface area contributed by atoms with Gasteiger partial charge in [-0.25, -0.2) is 0 Å². The van der Waals surface area contributed by atoms with Gasteiger partial charge in [0.2, 0.25) is 0 Å². The second-order valence-electron chi connectivity index (χ2n) is 6.69. The van der Waals surface area contributed by atoms with E-state index in [1.165, 1.54) is 0 Å². The quantitative estimate of drug-likeness (QED) is 0.487. The third kappa shape index (κ3) is 4.12. The van der Waals surface area contributed by atoms with Gasteiger partial charge in [0.15, 0.2) is 11.5 Å². The van der Waals surface area contributed by atoms with Gasteiger partial charge in [0.1, 0.15) is 0 Å². The average molecular weight is 397 g/mol. The van der Waals surface area contributed by atoms with Crippen molar-refractivity contribution in [2.45, 2.75) is 6.92 Å². The maximum atomic E-state index is 12.6. The van der Waals surface area contributed by atoms with Gasteiger partial charge in [-0.3, -0.25) is 9.59 Å². The number of anilines is 2. The topological polar surface area (TPSA) is 84.2 Å². The molecule has 6 heteroatoms. The molecule has 1 aromatic heterocycles. The van der Waals surface area contributed by atoms with Gasteiger partial charge in [-0.2, -0.15) is 0 Å². The minimum atomic E-state index is -0.393. The lowest BCUT2D eigenvalue weighted by Gasteiger charge is -2.13. The van der Waals surface area contributed by atoms with E-state index >= 15 is 0 Å². The van der Waals surface area contributed by atoms with Gasteiger partial charge in [0.05, 0.1) is 0 Å². The zero-order chi connectivity index (χ0) is 20.9. The highest BCUT2D eigenvalue weighted by Crippen LogP contribution is 2.25. The van der Waals surface area contributed by atoms with Crippen LogP contribution in [0.4, 0.5) is 11.4 Å². The SMILES string of the molecule is Cc1c(NC(=O)c2ccccc2)cccc1NC(=O)c1cc(-c2ccccc2)on1. The summed E-state index contributed by atoms with van der Waals surface area (Å²) in [4.78, 5) is 25.1. The third-order valence-electron chi connectivity index (χ3n) is 4.67. The summed E-state index contributed by atoms with van der Waals surface area (Å²) in [6.07, 6.45) is 0. The zero-order valence-electron chi connectivity index (χ0n) is 16.3. The predicted molar refractivity (Wildman–Crippen MR) is 115 cm³/mol. The summed E-state index contributed by atoms with van der Waals surface area (Å²) in [6, 6.07) is 25.3. The molecule has 0 radical (unpaired) electrons. The Morgan fingerprint density at radius 3 is 2.03 bits per heavy atom. The van der Waals surface area contributed by atoms with Crippen LogP contribution in [0.15, 0.2) is 89.5 Å². The summed E-state index contributed by atoms with van der Waals surface area (Å²) >= 11 is 0. The van der Waals surface area contributed by atoms with Crippen LogP contribution in [0, 0.1) is 6.92 Å². The van der Waals surface area contributed by atoms with Gasteiger partial charge in [-0.05, 0) is 36.8 Å². The van der Waals surface area contributed by atoms with Crippen LogP contribution in [0.25, 0.3) is 11.3 Å². The van der Waals surface area contributed by atoms with Gasteiger partial charge in [-0.1, -0.05) is 59.8 Å². The monoisotopic (exact) mass is 397 g/mol. The summed E-state index contributed by atoms with van der Waals surface area (Å²) in [5.74, 6) is -0.0944. The third-order valence-corrected chi connectivity index (χ3v) is 4.67. The normalized spacial score (nSPS) is 10.4. The van der Waals surface area contributed by atoms with E-state index in [4.69, 9.17) is 4.52 Å². The molecule has 2 amide bonds. The molecule has 0 unspecified atom stereocenters. The van der Waals surface area contributed by atoms with Crippen LogP contribution >= 0.6 is 0 Å². The predicted octanol–water partition coefficient (Wildman–Crippen LogP) is 5.15. The fraction of sp³-hybridized carbons (Fsp3) is 0.0417. The van der Waals surface area contributed by atoms with E-state index in [1.807, 2.05) is 43.3 Å². The second kappa shape index (κ2) is 8.45. The fourth-order valence-corrected chi connectivity index (χ4v) is 3.00. The summed E-state index contributed by atoms with van der Waals surface area (Å²) in [7, 11) is 0. The van der Waals surface area contributed by atoms with E-state index in [0.717, 1.165) is 11.1 Å². The number of hydrogen-bond donors (Lipinski definition) is 2. The molecule has 148 valence electrons. The van der Waals surface area contributed by atoms with Crippen molar-refractivity contribution in [2.75, 3.05) is 10.6 Å². The Hall–Kier alpha value is -4.19. The molecular weight excluding hydrogens is 378 g/mol. The lowest BCUT2D eigenvalue weighted by Crippen LogP contribution is -2.16. The molecule has 0 aliphatic rings. The van der Waals surface area contributed by atoms with Crippen molar-refractivity contribution in [3.05, 3.63) is 102 Å². The molecule has 30 heavy (non-hydrogen) atoms. The molecule has 3 aromatic carbocycles. The minimum absolute atomic E-state index is 0.173. The molecule has 1 heterocycles. The molecule has 0 aliphatic carbocycles. The highest BCUT2D eigenvalue weighted by Gasteiger charge is 2.16. The van der Waals surface area contributed by atoms with E-state index in [2.05, 4.69) is 15.8 Å². The first-order chi connectivity index (χ1) is 14.6. The molecular formula is C24H19N3O3. The van der Waals surface area contributed by atoms with Crippen LogP contribution in [0.5, 0.6) is 0 Å². The molecule has 0 saturated heterocycles. The molecule has 0 fully saturated rings. The lowest BCUT2D eigenvalue weighted by molar-refractivity contribution is 0.101. The van der Waals surface area contributed by atoms with Crippen molar-refractivity contribution in [1.29, 1.82) is 0 Å². The zero-order valence-corrected chi connectivity index (χ0v) is 16.3. The Bertz CT molecular complexity index is 1180. The molecule has 0 saturated carbocycles. The number of nitrogens with one attached hydrogen (secondary N) is 2. The average Bonchev–Trinajstić information content (AvgIpc) is 3.28. The van der Waals surface area contributed by atoms with Crippen LogP contribution < -0.4 is 10.6 Å². The van der Waals surface area contributed by atoms with E-state index < -0.39 is 5.91 Å². The number of aromatic nitrogens is 1. The van der Waals surface area contributed by atoms with Crippen molar-refractivity contribution in [3.8, 4) is 11.3 Å². The molecule has 4 aromatic rings. The van der Waals surface area contributed by atoms with Crippen molar-refractivity contribution < 1.29 is 14.1 Å². The highest BCUT2D eigenvalue weighted by atomic mass is 16.5. The van der Waals surface area contributed by atoms with Crippen molar-refractivity contribution >= 4 is 23.2 Å². The number of hydrogen-bond acceptors (Lipinski definition) is 4. The molecule has 6 nitrogen and oxygen atoms in total. The first-order valence-electron chi connectivity index (χ1n) is 9.41. The van der Waals surface area contributed by atoms with E-state index in [-0.39, 0.29) is 11.6 Å². The summed E-state index contributed by atoms with van der Waals surface area (Å²) < 4.78 is 5.30. The molecule has 2 N–H and O–H groups in total. The standard InChI is InChI=1S/C24H19N3O3/c1-16-19(25-23(28)18-11-6-3-7-12-18)13-8-14-20(16)26-24(29)21-15-22(30-27-21)17-9-4-2-5-10-17/h2-15H,1H3,(H,25,28)(H,26,29). The molecule has 0 spiro atoms. The van der Waals surface area contributed by atoms with Gasteiger partial charge in [-0.15, -0.1) is 0 Å². The first kappa shape index (κ1) is 19.1. The Morgan fingerprint density at radius 1 is 0.767 bits per heavy atom. The molecule has 0 bridgehead atoms. The van der Waals surface area contributed by atoms with Gasteiger partial charge in [0, 0.05) is 28.6 Å². The largest absolute Gasteiger partial charge is 0.355 e. The first-order valence-corrected chi connectivity index (χ1v) is 9.41. The van der Waals surface area contributed by atoms with Gasteiger partial charge < -0.3 is 15.2 Å². The summed E-state index contributed by atoms with van der Waals surface area (Å²) in [5, 5.41) is 9.59. The van der Waals surface area contributed by atoms with Crippen LogP contribution in [0.1, 0.15) is 26.4 Å².